The number of nitrogens with one attached hydrogen (secondary N) is 2. The molecule has 1 aliphatic heterocycles. The van der Waals surface area contributed by atoms with Gasteiger partial charge in [-0.15, -0.1) is 11.3 Å². The van der Waals surface area contributed by atoms with Crippen molar-refractivity contribution in [2.24, 2.45) is 0 Å². The van der Waals surface area contributed by atoms with Gasteiger partial charge in [-0.3, -0.25) is 0 Å². The van der Waals surface area contributed by atoms with E-state index < -0.39 is 5.60 Å². The molecule has 112 valence electrons. The minimum absolute atomic E-state index is 0.0839. The van der Waals surface area contributed by atoms with Gasteiger partial charge in [0.05, 0.1) is 5.60 Å². The number of aryl methyl sites for hydroxylation is 1. The molecule has 2 atom stereocenters. The molecule has 1 fully saturated rings. The third kappa shape index (κ3) is 4.68. The van der Waals surface area contributed by atoms with Crippen LogP contribution in [0.25, 0.3) is 0 Å². The van der Waals surface area contributed by atoms with Gasteiger partial charge in [0.2, 0.25) is 0 Å². The normalized spacial score (nSPS) is 23.6. The largest absolute Gasteiger partial charge is 0.387 e. The summed E-state index contributed by atoms with van der Waals surface area (Å²) in [4.78, 5) is 14.4. The Bertz CT molecular complexity index is 456. The molecular formula is C14H22N2O2S2. The van der Waals surface area contributed by atoms with E-state index in [0.29, 0.717) is 12.3 Å². The summed E-state index contributed by atoms with van der Waals surface area (Å²) in [6.07, 6.45) is 1.59. The van der Waals surface area contributed by atoms with Crippen LogP contribution in [0.15, 0.2) is 12.1 Å². The van der Waals surface area contributed by atoms with Crippen LogP contribution in [0.1, 0.15) is 23.1 Å². The summed E-state index contributed by atoms with van der Waals surface area (Å²) >= 11 is 3.49. The van der Waals surface area contributed by atoms with Crippen molar-refractivity contribution in [3.63, 3.8) is 0 Å². The third-order valence-corrected chi connectivity index (χ3v) is 5.60. The van der Waals surface area contributed by atoms with Crippen molar-refractivity contribution >= 4 is 29.1 Å². The molecule has 2 amide bonds. The van der Waals surface area contributed by atoms with Crippen molar-refractivity contribution < 1.29 is 9.90 Å². The van der Waals surface area contributed by atoms with E-state index in [1.807, 2.05) is 6.92 Å². The van der Waals surface area contributed by atoms with Crippen LogP contribution in [0.3, 0.4) is 0 Å². The molecule has 0 aliphatic carbocycles. The monoisotopic (exact) mass is 314 g/mol. The zero-order valence-electron chi connectivity index (χ0n) is 11.9. The van der Waals surface area contributed by atoms with E-state index in [4.69, 9.17) is 0 Å². The number of urea groups is 1. The Morgan fingerprint density at radius 2 is 2.35 bits per heavy atom. The molecule has 0 unspecified atom stereocenters. The second-order valence-corrected chi connectivity index (χ2v) is 7.95. The molecule has 6 heteroatoms. The predicted molar refractivity (Wildman–Crippen MR) is 85.6 cm³/mol. The lowest BCUT2D eigenvalue weighted by atomic mass is 10.0. The van der Waals surface area contributed by atoms with Crippen LogP contribution >= 0.6 is 23.1 Å². The van der Waals surface area contributed by atoms with E-state index >= 15 is 0 Å². The first-order chi connectivity index (χ1) is 9.47. The maximum atomic E-state index is 11.8. The van der Waals surface area contributed by atoms with E-state index in [-0.39, 0.29) is 12.1 Å². The van der Waals surface area contributed by atoms with Crippen LogP contribution in [0.4, 0.5) is 4.79 Å². The second-order valence-electron chi connectivity index (χ2n) is 5.47. The first-order valence-corrected chi connectivity index (χ1v) is 8.84. The number of hydrogen-bond donors (Lipinski definition) is 3. The van der Waals surface area contributed by atoms with Gasteiger partial charge in [-0.25, -0.2) is 4.79 Å². The second kappa shape index (κ2) is 6.83. The Hall–Kier alpha value is -0.720. The molecule has 2 heterocycles. The standard InChI is InChI=1S/C14H22N2O2S2/c1-10(7-12-4-3-11(2)20-12)16-13(17)15-8-14(18)5-6-19-9-14/h3-4,10,18H,5-9H2,1-2H3,(H2,15,16,17)/t10-,14+/m1/s1. The van der Waals surface area contributed by atoms with E-state index in [0.717, 1.165) is 18.6 Å². The lowest BCUT2D eigenvalue weighted by Gasteiger charge is -2.22. The van der Waals surface area contributed by atoms with E-state index in [9.17, 15) is 9.90 Å². The summed E-state index contributed by atoms with van der Waals surface area (Å²) in [6, 6.07) is 4.09. The highest BCUT2D eigenvalue weighted by Crippen LogP contribution is 2.26. The lowest BCUT2D eigenvalue weighted by molar-refractivity contribution is 0.0699. The summed E-state index contributed by atoms with van der Waals surface area (Å²) in [7, 11) is 0. The van der Waals surface area contributed by atoms with Gasteiger partial charge >= 0.3 is 6.03 Å². The molecule has 2 rings (SSSR count). The molecule has 0 bridgehead atoms. The molecular weight excluding hydrogens is 292 g/mol. The minimum atomic E-state index is -0.726. The average Bonchev–Trinajstić information content (AvgIpc) is 2.97. The Morgan fingerprint density at radius 1 is 1.55 bits per heavy atom. The van der Waals surface area contributed by atoms with Crippen molar-refractivity contribution in [3.05, 3.63) is 21.9 Å². The molecule has 1 aromatic heterocycles. The lowest BCUT2D eigenvalue weighted by Crippen LogP contribution is -2.48. The molecule has 0 saturated carbocycles. The van der Waals surface area contributed by atoms with Crippen LogP contribution in [-0.4, -0.2) is 40.8 Å². The molecule has 1 aromatic rings. The highest BCUT2D eigenvalue weighted by molar-refractivity contribution is 7.99. The SMILES string of the molecule is Cc1ccc(C[C@@H](C)NC(=O)NC[C@@]2(O)CCSC2)s1. The van der Waals surface area contributed by atoms with Crippen molar-refractivity contribution in [2.45, 2.75) is 38.3 Å². The fourth-order valence-electron chi connectivity index (χ4n) is 2.20. The zero-order chi connectivity index (χ0) is 14.6. The number of carbonyl (C=O) groups is 1. The third-order valence-electron chi connectivity index (χ3n) is 3.34. The minimum Gasteiger partial charge on any atom is -0.387 e. The summed E-state index contributed by atoms with van der Waals surface area (Å²) in [6.45, 7) is 4.41. The average molecular weight is 314 g/mol. The zero-order valence-corrected chi connectivity index (χ0v) is 13.6. The maximum absolute atomic E-state index is 11.8. The van der Waals surface area contributed by atoms with Crippen LogP contribution in [0, 0.1) is 6.92 Å². The van der Waals surface area contributed by atoms with E-state index in [2.05, 4.69) is 29.7 Å². The van der Waals surface area contributed by atoms with Gasteiger partial charge in [-0.1, -0.05) is 0 Å². The van der Waals surface area contributed by atoms with Gasteiger partial charge in [-0.2, -0.15) is 11.8 Å². The maximum Gasteiger partial charge on any atom is 0.315 e. The van der Waals surface area contributed by atoms with Gasteiger partial charge in [-0.05, 0) is 38.2 Å². The van der Waals surface area contributed by atoms with Crippen molar-refractivity contribution in [3.8, 4) is 0 Å². The Labute approximate surface area is 128 Å². The number of amides is 2. The fraction of sp³-hybridized carbons (Fsp3) is 0.643. The Morgan fingerprint density at radius 3 is 2.95 bits per heavy atom. The van der Waals surface area contributed by atoms with Crippen LogP contribution in [0.5, 0.6) is 0 Å². The summed E-state index contributed by atoms with van der Waals surface area (Å²) < 4.78 is 0. The topological polar surface area (TPSA) is 61.4 Å². The number of carbonyl (C=O) groups excluding carboxylic acids is 1. The summed E-state index contributed by atoms with van der Waals surface area (Å²) in [5.41, 5.74) is -0.726. The predicted octanol–water partition coefficient (Wildman–Crippen LogP) is 2.15. The van der Waals surface area contributed by atoms with Crippen molar-refractivity contribution in [2.75, 3.05) is 18.1 Å². The fourth-order valence-corrected chi connectivity index (χ4v) is 4.52. The Kier molecular flexibility index (Phi) is 5.35. The molecule has 1 aliphatic rings. The van der Waals surface area contributed by atoms with Gasteiger partial charge in [0.1, 0.15) is 0 Å². The number of hydrogen-bond acceptors (Lipinski definition) is 4. The molecule has 0 radical (unpaired) electrons. The molecule has 3 N–H and O–H groups in total. The number of aliphatic hydroxyl groups is 1. The number of thiophene rings is 1. The summed E-state index contributed by atoms with van der Waals surface area (Å²) in [5.74, 6) is 1.67. The Balaban J connectivity index is 1.71. The quantitative estimate of drug-likeness (QED) is 0.780. The van der Waals surface area contributed by atoms with E-state index in [1.165, 1.54) is 9.75 Å². The van der Waals surface area contributed by atoms with Crippen LogP contribution in [0.2, 0.25) is 0 Å². The molecule has 0 spiro atoms. The van der Waals surface area contributed by atoms with E-state index in [1.54, 1.807) is 23.1 Å². The highest BCUT2D eigenvalue weighted by atomic mass is 32.2. The van der Waals surface area contributed by atoms with Gasteiger partial charge in [0.25, 0.3) is 0 Å². The van der Waals surface area contributed by atoms with Crippen LogP contribution < -0.4 is 10.6 Å². The highest BCUT2D eigenvalue weighted by Gasteiger charge is 2.31. The first kappa shape index (κ1) is 15.7. The van der Waals surface area contributed by atoms with Crippen molar-refractivity contribution in [1.82, 2.24) is 10.6 Å². The molecule has 20 heavy (non-hydrogen) atoms. The molecule has 4 nitrogen and oxygen atoms in total. The molecule has 1 saturated heterocycles. The molecule has 0 aromatic carbocycles. The summed E-state index contributed by atoms with van der Waals surface area (Å²) in [5, 5.41) is 15.8. The van der Waals surface area contributed by atoms with Gasteiger partial charge in [0.15, 0.2) is 0 Å². The van der Waals surface area contributed by atoms with Gasteiger partial charge in [0, 0.05) is 34.5 Å². The number of thioether (sulfide) groups is 1. The number of rotatable bonds is 5. The van der Waals surface area contributed by atoms with Crippen molar-refractivity contribution in [1.29, 1.82) is 0 Å². The first-order valence-electron chi connectivity index (χ1n) is 6.87. The van der Waals surface area contributed by atoms with Crippen LogP contribution in [-0.2, 0) is 6.42 Å². The smallest absolute Gasteiger partial charge is 0.315 e. The van der Waals surface area contributed by atoms with Gasteiger partial charge < -0.3 is 15.7 Å².